The van der Waals surface area contributed by atoms with Gasteiger partial charge in [0.05, 0.1) is 12.7 Å². The van der Waals surface area contributed by atoms with E-state index in [9.17, 15) is 0 Å². The fourth-order valence-corrected chi connectivity index (χ4v) is 2.42. The average molecular weight is 248 g/mol. The van der Waals surface area contributed by atoms with Crippen molar-refractivity contribution >= 4 is 17.2 Å². The van der Waals surface area contributed by atoms with E-state index in [1.165, 1.54) is 4.88 Å². The quantitative estimate of drug-likeness (QED) is 0.879. The monoisotopic (exact) mass is 248 g/mol. The number of hydrogen-bond donors (Lipinski definition) is 1. The van der Waals surface area contributed by atoms with Crippen LogP contribution in [-0.4, -0.2) is 16.7 Å². The standard InChI is InChI=1S/C12H16N4S/c1-2-16(9-11-4-3-7-17-11)12-10(8-13)5-6-14-15-12/h3-7H,2,8-9,13H2,1H3. The van der Waals surface area contributed by atoms with Crippen molar-refractivity contribution in [1.82, 2.24) is 10.2 Å². The zero-order chi connectivity index (χ0) is 12.1. The Hall–Kier alpha value is -1.46. The summed E-state index contributed by atoms with van der Waals surface area (Å²) in [6, 6.07) is 6.12. The minimum atomic E-state index is 0.492. The van der Waals surface area contributed by atoms with E-state index < -0.39 is 0 Å². The summed E-state index contributed by atoms with van der Waals surface area (Å²) in [5.74, 6) is 0.894. The number of rotatable bonds is 5. The highest BCUT2D eigenvalue weighted by Crippen LogP contribution is 2.20. The van der Waals surface area contributed by atoms with E-state index in [0.717, 1.165) is 24.5 Å². The number of thiophene rings is 1. The van der Waals surface area contributed by atoms with Crippen LogP contribution in [0.2, 0.25) is 0 Å². The van der Waals surface area contributed by atoms with Gasteiger partial charge in [0.25, 0.3) is 0 Å². The summed E-state index contributed by atoms with van der Waals surface area (Å²) in [6.45, 7) is 4.36. The van der Waals surface area contributed by atoms with Crippen LogP contribution in [0.1, 0.15) is 17.4 Å². The van der Waals surface area contributed by atoms with E-state index in [1.807, 2.05) is 6.07 Å². The third-order valence-corrected chi connectivity index (χ3v) is 3.47. The van der Waals surface area contributed by atoms with Crippen LogP contribution in [0.3, 0.4) is 0 Å². The summed E-state index contributed by atoms with van der Waals surface area (Å²) in [5.41, 5.74) is 6.76. The second kappa shape index (κ2) is 5.75. The van der Waals surface area contributed by atoms with E-state index in [-0.39, 0.29) is 0 Å². The molecule has 0 aliphatic heterocycles. The molecule has 0 aliphatic rings. The maximum absolute atomic E-state index is 5.72. The van der Waals surface area contributed by atoms with Crippen molar-refractivity contribution in [2.75, 3.05) is 11.4 Å². The van der Waals surface area contributed by atoms with E-state index in [2.05, 4.69) is 39.5 Å². The SMILES string of the molecule is CCN(Cc1cccs1)c1nnccc1CN. The van der Waals surface area contributed by atoms with Crippen molar-refractivity contribution < 1.29 is 0 Å². The van der Waals surface area contributed by atoms with Crippen molar-refractivity contribution in [3.05, 3.63) is 40.2 Å². The normalized spacial score (nSPS) is 10.5. The Labute approximate surface area is 105 Å². The molecular weight excluding hydrogens is 232 g/mol. The zero-order valence-corrected chi connectivity index (χ0v) is 10.7. The first kappa shape index (κ1) is 12.0. The molecule has 2 heterocycles. The highest BCUT2D eigenvalue weighted by molar-refractivity contribution is 7.09. The number of anilines is 1. The van der Waals surface area contributed by atoms with Crippen molar-refractivity contribution in [2.24, 2.45) is 5.73 Å². The van der Waals surface area contributed by atoms with Gasteiger partial charge >= 0.3 is 0 Å². The predicted octanol–water partition coefficient (Wildman–Crippen LogP) is 2.02. The molecule has 5 heteroatoms. The van der Waals surface area contributed by atoms with Crippen LogP contribution < -0.4 is 10.6 Å². The van der Waals surface area contributed by atoms with Crippen LogP contribution in [0.4, 0.5) is 5.82 Å². The molecular formula is C12H16N4S. The molecule has 2 aromatic rings. The van der Waals surface area contributed by atoms with Crippen LogP contribution in [0.15, 0.2) is 29.8 Å². The summed E-state index contributed by atoms with van der Waals surface area (Å²) >= 11 is 1.75. The fourth-order valence-electron chi connectivity index (χ4n) is 1.70. The van der Waals surface area contributed by atoms with Gasteiger partial charge in [0.1, 0.15) is 0 Å². The molecule has 0 unspecified atom stereocenters. The van der Waals surface area contributed by atoms with E-state index in [1.54, 1.807) is 17.5 Å². The van der Waals surface area contributed by atoms with Gasteiger partial charge in [-0.25, -0.2) is 0 Å². The predicted molar refractivity (Wildman–Crippen MR) is 71.0 cm³/mol. The Balaban J connectivity index is 2.22. The van der Waals surface area contributed by atoms with Crippen LogP contribution in [-0.2, 0) is 13.1 Å². The lowest BCUT2D eigenvalue weighted by Crippen LogP contribution is -2.25. The topological polar surface area (TPSA) is 55.0 Å². The second-order valence-corrected chi connectivity index (χ2v) is 4.71. The molecule has 0 spiro atoms. The molecule has 0 radical (unpaired) electrons. The minimum absolute atomic E-state index is 0.492. The van der Waals surface area contributed by atoms with Crippen LogP contribution in [0, 0.1) is 0 Å². The van der Waals surface area contributed by atoms with E-state index in [0.29, 0.717) is 6.54 Å². The Kier molecular flexibility index (Phi) is 4.06. The van der Waals surface area contributed by atoms with Crippen molar-refractivity contribution in [1.29, 1.82) is 0 Å². The van der Waals surface area contributed by atoms with Gasteiger partial charge in [-0.15, -0.1) is 16.4 Å². The molecule has 0 bridgehead atoms. The lowest BCUT2D eigenvalue weighted by molar-refractivity contribution is 0.789. The molecule has 0 amide bonds. The van der Waals surface area contributed by atoms with Gasteiger partial charge in [0, 0.05) is 23.5 Å². The highest BCUT2D eigenvalue weighted by Gasteiger charge is 2.11. The first-order valence-corrected chi connectivity index (χ1v) is 6.51. The molecule has 0 aromatic carbocycles. The molecule has 0 saturated heterocycles. The summed E-state index contributed by atoms with van der Waals surface area (Å²) in [7, 11) is 0. The summed E-state index contributed by atoms with van der Waals surface area (Å²) in [4.78, 5) is 3.52. The van der Waals surface area contributed by atoms with Gasteiger partial charge < -0.3 is 10.6 Å². The third kappa shape index (κ3) is 2.81. The smallest absolute Gasteiger partial charge is 0.156 e. The average Bonchev–Trinajstić information content (AvgIpc) is 2.89. The van der Waals surface area contributed by atoms with Gasteiger partial charge in [-0.3, -0.25) is 0 Å². The van der Waals surface area contributed by atoms with Gasteiger partial charge in [0.2, 0.25) is 0 Å². The van der Waals surface area contributed by atoms with Crippen LogP contribution in [0.5, 0.6) is 0 Å². The first-order valence-electron chi connectivity index (χ1n) is 5.63. The fraction of sp³-hybridized carbons (Fsp3) is 0.333. The maximum atomic E-state index is 5.72. The number of hydrogen-bond acceptors (Lipinski definition) is 5. The van der Waals surface area contributed by atoms with E-state index >= 15 is 0 Å². The van der Waals surface area contributed by atoms with Gasteiger partial charge in [-0.2, -0.15) is 5.10 Å². The second-order valence-electron chi connectivity index (χ2n) is 3.68. The third-order valence-electron chi connectivity index (χ3n) is 2.61. The highest BCUT2D eigenvalue weighted by atomic mass is 32.1. The molecule has 90 valence electrons. The molecule has 4 nitrogen and oxygen atoms in total. The molecule has 0 saturated carbocycles. The lowest BCUT2D eigenvalue weighted by Gasteiger charge is -2.22. The largest absolute Gasteiger partial charge is 0.350 e. The molecule has 2 rings (SSSR count). The minimum Gasteiger partial charge on any atom is -0.350 e. The Morgan fingerprint density at radius 3 is 2.94 bits per heavy atom. The molecule has 17 heavy (non-hydrogen) atoms. The van der Waals surface area contributed by atoms with Crippen LogP contribution in [0.25, 0.3) is 0 Å². The van der Waals surface area contributed by atoms with Crippen molar-refractivity contribution in [3.8, 4) is 0 Å². The number of nitrogens with two attached hydrogens (primary N) is 1. The number of aromatic nitrogens is 2. The first-order chi connectivity index (χ1) is 8.35. The molecule has 0 fully saturated rings. The summed E-state index contributed by atoms with van der Waals surface area (Å²) in [6.07, 6.45) is 1.69. The van der Waals surface area contributed by atoms with Crippen molar-refractivity contribution in [2.45, 2.75) is 20.0 Å². The Bertz CT molecular complexity index is 455. The van der Waals surface area contributed by atoms with Crippen LogP contribution >= 0.6 is 11.3 Å². The Morgan fingerprint density at radius 1 is 1.41 bits per heavy atom. The molecule has 2 N–H and O–H groups in total. The van der Waals surface area contributed by atoms with Gasteiger partial charge in [0.15, 0.2) is 5.82 Å². The zero-order valence-electron chi connectivity index (χ0n) is 9.84. The Morgan fingerprint density at radius 2 is 2.29 bits per heavy atom. The maximum Gasteiger partial charge on any atom is 0.156 e. The van der Waals surface area contributed by atoms with E-state index in [4.69, 9.17) is 5.73 Å². The van der Waals surface area contributed by atoms with Gasteiger partial charge in [-0.1, -0.05) is 6.07 Å². The van der Waals surface area contributed by atoms with Crippen molar-refractivity contribution in [3.63, 3.8) is 0 Å². The van der Waals surface area contributed by atoms with Gasteiger partial charge in [-0.05, 0) is 24.4 Å². The summed E-state index contributed by atoms with van der Waals surface area (Å²) < 4.78 is 0. The lowest BCUT2D eigenvalue weighted by atomic mass is 10.2. The molecule has 0 atom stereocenters. The molecule has 2 aromatic heterocycles. The summed E-state index contributed by atoms with van der Waals surface area (Å²) in [5, 5.41) is 10.2. The molecule has 0 aliphatic carbocycles. The number of nitrogens with zero attached hydrogens (tertiary/aromatic N) is 3.